The summed E-state index contributed by atoms with van der Waals surface area (Å²) in [6.45, 7) is 2.28. The standard InChI is InChI=1S/C18H26Te/c1-2-3-4-5-6-7-8-9-10-14-17-19-18-15-12-11-13-16-18/h11-13,15-16H,2-10H2,1H3. The molecule has 0 heterocycles. The molecule has 19 heavy (non-hydrogen) atoms. The monoisotopic (exact) mass is 372 g/mol. The van der Waals surface area contributed by atoms with Crippen molar-refractivity contribution in [2.24, 2.45) is 0 Å². The zero-order chi connectivity index (χ0) is 13.6. The summed E-state index contributed by atoms with van der Waals surface area (Å²) in [6.07, 6.45) is 12.2. The minimum atomic E-state index is -0.248. The van der Waals surface area contributed by atoms with Gasteiger partial charge in [0, 0.05) is 0 Å². The van der Waals surface area contributed by atoms with Crippen molar-refractivity contribution in [2.45, 2.75) is 64.7 Å². The van der Waals surface area contributed by atoms with E-state index in [9.17, 15) is 0 Å². The molecule has 1 aromatic carbocycles. The second-order valence-corrected chi connectivity index (χ2v) is 7.43. The first-order chi connectivity index (χ1) is 9.43. The molecule has 0 nitrogen and oxygen atoms in total. The van der Waals surface area contributed by atoms with Gasteiger partial charge in [-0.1, -0.05) is 0 Å². The second kappa shape index (κ2) is 12.6. The van der Waals surface area contributed by atoms with Crippen molar-refractivity contribution in [1.29, 1.82) is 0 Å². The van der Waals surface area contributed by atoms with Gasteiger partial charge in [-0.3, -0.25) is 0 Å². The van der Waals surface area contributed by atoms with Gasteiger partial charge in [0.2, 0.25) is 0 Å². The Morgan fingerprint density at radius 2 is 1.47 bits per heavy atom. The maximum absolute atomic E-state index is 3.40. The topological polar surface area (TPSA) is 0 Å². The van der Waals surface area contributed by atoms with Crippen LogP contribution >= 0.6 is 0 Å². The predicted molar refractivity (Wildman–Crippen MR) is 86.8 cm³/mol. The summed E-state index contributed by atoms with van der Waals surface area (Å²) in [6, 6.07) is 10.7. The molecule has 1 heteroatoms. The Bertz CT molecular complexity index is 358. The molecule has 104 valence electrons. The van der Waals surface area contributed by atoms with Gasteiger partial charge < -0.3 is 0 Å². The Morgan fingerprint density at radius 3 is 2.16 bits per heavy atom. The third kappa shape index (κ3) is 10.1. The van der Waals surface area contributed by atoms with E-state index in [2.05, 4.69) is 47.1 Å². The SMILES string of the molecule is CCCCCCCCCCC#C[Te]c1ccccc1. The van der Waals surface area contributed by atoms with Crippen LogP contribution < -0.4 is 3.61 Å². The summed E-state index contributed by atoms with van der Waals surface area (Å²) in [5, 5.41) is 0. The molecule has 1 aromatic rings. The molecule has 0 atom stereocenters. The fraction of sp³-hybridized carbons (Fsp3) is 0.556. The van der Waals surface area contributed by atoms with Crippen LogP contribution in [0.15, 0.2) is 30.3 Å². The average molecular weight is 370 g/mol. The van der Waals surface area contributed by atoms with E-state index < -0.39 is 0 Å². The van der Waals surface area contributed by atoms with Gasteiger partial charge in [-0.25, -0.2) is 0 Å². The summed E-state index contributed by atoms with van der Waals surface area (Å²) >= 11 is -0.248. The van der Waals surface area contributed by atoms with Crippen LogP contribution in [0.2, 0.25) is 0 Å². The summed E-state index contributed by atoms with van der Waals surface area (Å²) < 4.78 is 4.86. The van der Waals surface area contributed by atoms with E-state index >= 15 is 0 Å². The third-order valence-corrected chi connectivity index (χ3v) is 5.29. The van der Waals surface area contributed by atoms with Crippen molar-refractivity contribution in [3.63, 3.8) is 0 Å². The number of benzene rings is 1. The summed E-state index contributed by atoms with van der Waals surface area (Å²) in [7, 11) is 0. The Morgan fingerprint density at radius 1 is 0.842 bits per heavy atom. The summed E-state index contributed by atoms with van der Waals surface area (Å²) in [4.78, 5) is 0. The molecule has 0 bridgehead atoms. The van der Waals surface area contributed by atoms with E-state index in [1.165, 1.54) is 55.0 Å². The summed E-state index contributed by atoms with van der Waals surface area (Å²) in [5.74, 6) is 3.35. The quantitative estimate of drug-likeness (QED) is 0.341. The minimum absolute atomic E-state index is 0.248. The van der Waals surface area contributed by atoms with Crippen LogP contribution in [-0.4, -0.2) is 20.9 Å². The van der Waals surface area contributed by atoms with E-state index in [1.54, 1.807) is 0 Å². The number of hydrogen-bond acceptors (Lipinski definition) is 0. The Labute approximate surface area is 129 Å². The van der Waals surface area contributed by atoms with Gasteiger partial charge in [0.15, 0.2) is 0 Å². The van der Waals surface area contributed by atoms with E-state index in [0.29, 0.717) is 0 Å². The molecule has 0 aliphatic heterocycles. The van der Waals surface area contributed by atoms with Gasteiger partial charge in [0.1, 0.15) is 0 Å². The van der Waals surface area contributed by atoms with Gasteiger partial charge in [-0.2, -0.15) is 0 Å². The predicted octanol–water partition coefficient (Wildman–Crippen LogP) is 4.51. The van der Waals surface area contributed by atoms with Crippen molar-refractivity contribution in [1.82, 2.24) is 0 Å². The van der Waals surface area contributed by atoms with E-state index in [4.69, 9.17) is 0 Å². The van der Waals surface area contributed by atoms with Crippen LogP contribution in [0.3, 0.4) is 0 Å². The normalized spacial score (nSPS) is 9.95. The molecule has 0 N–H and O–H groups in total. The molecule has 0 spiro atoms. The summed E-state index contributed by atoms with van der Waals surface area (Å²) in [5.41, 5.74) is 0. The van der Waals surface area contributed by atoms with Gasteiger partial charge in [-0.05, 0) is 0 Å². The van der Waals surface area contributed by atoms with Crippen LogP contribution in [0.25, 0.3) is 0 Å². The van der Waals surface area contributed by atoms with Gasteiger partial charge in [0.05, 0.1) is 0 Å². The number of hydrogen-bond donors (Lipinski definition) is 0. The second-order valence-electron chi connectivity index (χ2n) is 4.92. The molecule has 0 radical (unpaired) electrons. The van der Waals surface area contributed by atoms with Crippen molar-refractivity contribution < 1.29 is 0 Å². The van der Waals surface area contributed by atoms with Gasteiger partial charge in [-0.15, -0.1) is 0 Å². The Kier molecular flexibility index (Phi) is 11.0. The van der Waals surface area contributed by atoms with Crippen LogP contribution in [0, 0.1) is 9.89 Å². The molecular weight excluding hydrogens is 344 g/mol. The molecule has 0 amide bonds. The Balaban J connectivity index is 1.91. The molecule has 0 unspecified atom stereocenters. The van der Waals surface area contributed by atoms with E-state index in [0.717, 1.165) is 6.42 Å². The first kappa shape index (κ1) is 16.6. The van der Waals surface area contributed by atoms with Crippen molar-refractivity contribution in [2.75, 3.05) is 0 Å². The van der Waals surface area contributed by atoms with Gasteiger partial charge >= 0.3 is 129 Å². The molecule has 0 saturated carbocycles. The molecule has 0 aromatic heterocycles. The van der Waals surface area contributed by atoms with Crippen LogP contribution in [0.5, 0.6) is 0 Å². The van der Waals surface area contributed by atoms with Crippen LogP contribution in [0.4, 0.5) is 0 Å². The number of unbranched alkanes of at least 4 members (excludes halogenated alkanes) is 8. The molecule has 0 saturated heterocycles. The first-order valence-corrected chi connectivity index (χ1v) is 9.96. The first-order valence-electron chi connectivity index (χ1n) is 7.63. The fourth-order valence-electron chi connectivity index (χ4n) is 1.98. The van der Waals surface area contributed by atoms with Crippen LogP contribution in [0.1, 0.15) is 64.7 Å². The molecular formula is C18H26Te. The fourth-order valence-corrected chi connectivity index (χ4v) is 3.65. The maximum atomic E-state index is 3.40. The molecule has 0 aliphatic carbocycles. The zero-order valence-electron chi connectivity index (χ0n) is 12.2. The van der Waals surface area contributed by atoms with Gasteiger partial charge in [0.25, 0.3) is 0 Å². The molecule has 1 rings (SSSR count). The molecule has 0 fully saturated rings. The Hall–Kier alpha value is -0.430. The molecule has 0 aliphatic rings. The van der Waals surface area contributed by atoms with E-state index in [1.807, 2.05) is 0 Å². The van der Waals surface area contributed by atoms with Crippen molar-refractivity contribution in [3.8, 4) is 9.89 Å². The van der Waals surface area contributed by atoms with Crippen LogP contribution in [-0.2, 0) is 0 Å². The van der Waals surface area contributed by atoms with Crippen molar-refractivity contribution >= 4 is 24.5 Å². The third-order valence-electron chi connectivity index (χ3n) is 3.14. The number of rotatable bonds is 9. The zero-order valence-corrected chi connectivity index (χ0v) is 14.5. The van der Waals surface area contributed by atoms with E-state index in [-0.39, 0.29) is 20.9 Å². The van der Waals surface area contributed by atoms with Crippen molar-refractivity contribution in [3.05, 3.63) is 30.3 Å². The average Bonchev–Trinajstić information content (AvgIpc) is 2.46.